The van der Waals surface area contributed by atoms with Crippen molar-refractivity contribution in [1.29, 1.82) is 0 Å². The van der Waals surface area contributed by atoms with Crippen molar-refractivity contribution in [2.45, 2.75) is 13.0 Å². The Kier molecular flexibility index (Phi) is 4.28. The molecule has 0 radical (unpaired) electrons. The molecule has 2 amide bonds. The number of nitrogens with one attached hydrogen (secondary N) is 1. The maximum Gasteiger partial charge on any atom is 0.254 e. The van der Waals surface area contributed by atoms with Crippen molar-refractivity contribution in [3.8, 4) is 11.5 Å². The Hall–Kier alpha value is -2.82. The fourth-order valence-corrected chi connectivity index (χ4v) is 2.54. The van der Waals surface area contributed by atoms with Crippen molar-refractivity contribution in [2.24, 2.45) is 0 Å². The van der Waals surface area contributed by atoms with Crippen LogP contribution in [0.2, 0.25) is 0 Å². The van der Waals surface area contributed by atoms with Gasteiger partial charge in [0.15, 0.2) is 0 Å². The Bertz CT molecular complexity index is 715. The zero-order valence-corrected chi connectivity index (χ0v) is 12.9. The van der Waals surface area contributed by atoms with E-state index in [2.05, 4.69) is 5.32 Å². The van der Waals surface area contributed by atoms with Crippen LogP contribution in [0.15, 0.2) is 54.6 Å². The Balaban J connectivity index is 1.79. The third-order valence-corrected chi connectivity index (χ3v) is 3.82. The molecule has 1 fully saturated rings. The van der Waals surface area contributed by atoms with Crippen LogP contribution in [0.25, 0.3) is 0 Å². The second-order valence-electron chi connectivity index (χ2n) is 5.41. The maximum atomic E-state index is 12.7. The molecule has 1 aliphatic rings. The van der Waals surface area contributed by atoms with Gasteiger partial charge in [-0.1, -0.05) is 24.3 Å². The number of hydrogen-bond donors (Lipinski definition) is 1. The lowest BCUT2D eigenvalue weighted by Crippen LogP contribution is -2.55. The molecular formula is C18H18N2O3. The van der Waals surface area contributed by atoms with E-state index < -0.39 is 6.04 Å². The van der Waals surface area contributed by atoms with Gasteiger partial charge in [0.1, 0.15) is 17.5 Å². The van der Waals surface area contributed by atoms with Crippen molar-refractivity contribution in [2.75, 3.05) is 13.1 Å². The topological polar surface area (TPSA) is 58.6 Å². The number of ether oxygens (including phenoxy) is 1. The number of carbonyl (C=O) groups is 2. The lowest BCUT2D eigenvalue weighted by Gasteiger charge is -2.32. The molecule has 0 saturated carbocycles. The second-order valence-corrected chi connectivity index (χ2v) is 5.41. The minimum absolute atomic E-state index is 0.124. The number of hydrogen-bond acceptors (Lipinski definition) is 3. The van der Waals surface area contributed by atoms with Crippen molar-refractivity contribution in [3.63, 3.8) is 0 Å². The molecule has 5 heteroatoms. The molecule has 2 aromatic rings. The first-order valence-electron chi connectivity index (χ1n) is 7.57. The number of carbonyl (C=O) groups excluding carboxylic acids is 2. The molecule has 2 aromatic carbocycles. The van der Waals surface area contributed by atoms with E-state index in [-0.39, 0.29) is 11.8 Å². The van der Waals surface area contributed by atoms with Gasteiger partial charge in [-0.05, 0) is 37.3 Å². The van der Waals surface area contributed by atoms with Crippen LogP contribution >= 0.6 is 0 Å². The third-order valence-electron chi connectivity index (χ3n) is 3.82. The molecule has 1 unspecified atom stereocenters. The van der Waals surface area contributed by atoms with Crippen LogP contribution < -0.4 is 10.1 Å². The number of nitrogens with zero attached hydrogens (tertiary/aromatic N) is 1. The van der Waals surface area contributed by atoms with E-state index in [1.165, 1.54) is 0 Å². The van der Waals surface area contributed by atoms with Gasteiger partial charge in [0.05, 0.1) is 0 Å². The summed E-state index contributed by atoms with van der Waals surface area (Å²) in [5.74, 6) is 1.02. The fourth-order valence-electron chi connectivity index (χ4n) is 2.54. The highest BCUT2D eigenvalue weighted by Crippen LogP contribution is 2.23. The fraction of sp³-hybridized carbons (Fsp3) is 0.222. The van der Waals surface area contributed by atoms with Crippen molar-refractivity contribution in [1.82, 2.24) is 10.2 Å². The predicted octanol–water partition coefficient (Wildman–Crippen LogP) is 2.44. The first-order valence-corrected chi connectivity index (χ1v) is 7.57. The molecule has 5 nitrogen and oxygen atoms in total. The molecular weight excluding hydrogens is 292 g/mol. The first-order chi connectivity index (χ1) is 11.1. The van der Waals surface area contributed by atoms with Gasteiger partial charge in [-0.25, -0.2) is 0 Å². The highest BCUT2D eigenvalue weighted by atomic mass is 16.5. The zero-order chi connectivity index (χ0) is 16.2. The molecule has 1 saturated heterocycles. The van der Waals surface area contributed by atoms with E-state index in [0.29, 0.717) is 30.2 Å². The molecule has 23 heavy (non-hydrogen) atoms. The van der Waals surface area contributed by atoms with Gasteiger partial charge in [-0.2, -0.15) is 0 Å². The lowest BCUT2D eigenvalue weighted by atomic mass is 10.1. The standard InChI is InChI=1S/C18H18N2O3/c1-13-17(21)19-10-11-20(13)18(22)14-6-5-9-16(12-14)23-15-7-3-2-4-8-15/h2-9,12-13H,10-11H2,1H3,(H,19,21). The van der Waals surface area contributed by atoms with Gasteiger partial charge in [0, 0.05) is 18.7 Å². The van der Waals surface area contributed by atoms with Crippen LogP contribution in [0.5, 0.6) is 11.5 Å². The molecule has 1 atom stereocenters. The van der Waals surface area contributed by atoms with Crippen LogP contribution in [-0.2, 0) is 4.79 Å². The summed E-state index contributed by atoms with van der Waals surface area (Å²) in [6.07, 6.45) is 0. The highest BCUT2D eigenvalue weighted by Gasteiger charge is 2.29. The first kappa shape index (κ1) is 15.1. The van der Waals surface area contributed by atoms with Gasteiger partial charge in [-0.15, -0.1) is 0 Å². The van der Waals surface area contributed by atoms with Crippen molar-refractivity contribution in [3.05, 3.63) is 60.2 Å². The van der Waals surface area contributed by atoms with Crippen molar-refractivity contribution >= 4 is 11.8 Å². The summed E-state index contributed by atoms with van der Waals surface area (Å²) in [5.41, 5.74) is 0.514. The number of benzene rings is 2. The Morgan fingerprint density at radius 2 is 1.87 bits per heavy atom. The minimum atomic E-state index is -0.463. The second kappa shape index (κ2) is 6.52. The largest absolute Gasteiger partial charge is 0.457 e. The molecule has 1 aliphatic heterocycles. The van der Waals surface area contributed by atoms with Crippen molar-refractivity contribution < 1.29 is 14.3 Å². The number of rotatable bonds is 3. The molecule has 0 aromatic heterocycles. The Labute approximate surface area is 134 Å². The average molecular weight is 310 g/mol. The van der Waals surface area contributed by atoms with E-state index in [1.54, 1.807) is 36.1 Å². The highest BCUT2D eigenvalue weighted by molar-refractivity contribution is 5.98. The minimum Gasteiger partial charge on any atom is -0.457 e. The summed E-state index contributed by atoms with van der Waals surface area (Å²) < 4.78 is 5.75. The van der Waals surface area contributed by atoms with Crippen LogP contribution in [0.4, 0.5) is 0 Å². The maximum absolute atomic E-state index is 12.7. The monoisotopic (exact) mass is 310 g/mol. The SMILES string of the molecule is CC1C(=O)NCCN1C(=O)c1cccc(Oc2ccccc2)c1. The molecule has 3 rings (SSSR count). The van der Waals surface area contributed by atoms with Crippen LogP contribution in [0.1, 0.15) is 17.3 Å². The molecule has 0 bridgehead atoms. The van der Waals surface area contributed by atoms with Crippen LogP contribution in [0.3, 0.4) is 0 Å². The molecule has 0 aliphatic carbocycles. The normalized spacial score (nSPS) is 17.5. The van der Waals surface area contributed by atoms with Crippen LogP contribution in [0, 0.1) is 0 Å². The van der Waals surface area contributed by atoms with E-state index in [4.69, 9.17) is 4.74 Å². The van der Waals surface area contributed by atoms with Gasteiger partial charge < -0.3 is 15.0 Å². The average Bonchev–Trinajstić information content (AvgIpc) is 2.58. The van der Waals surface area contributed by atoms with Gasteiger partial charge in [0.2, 0.25) is 5.91 Å². The van der Waals surface area contributed by atoms with E-state index in [1.807, 2.05) is 30.3 Å². The Morgan fingerprint density at radius 3 is 2.65 bits per heavy atom. The molecule has 118 valence electrons. The lowest BCUT2D eigenvalue weighted by molar-refractivity contribution is -0.127. The van der Waals surface area contributed by atoms with E-state index >= 15 is 0 Å². The summed E-state index contributed by atoms with van der Waals surface area (Å²) in [6.45, 7) is 2.72. The molecule has 1 heterocycles. The van der Waals surface area contributed by atoms with Gasteiger partial charge >= 0.3 is 0 Å². The number of piperazine rings is 1. The smallest absolute Gasteiger partial charge is 0.254 e. The number of para-hydroxylation sites is 1. The van der Waals surface area contributed by atoms with Crippen LogP contribution in [-0.4, -0.2) is 35.8 Å². The van der Waals surface area contributed by atoms with Gasteiger partial charge in [-0.3, -0.25) is 9.59 Å². The summed E-state index contributed by atoms with van der Waals surface area (Å²) in [4.78, 5) is 26.0. The summed E-state index contributed by atoms with van der Waals surface area (Å²) in [5, 5.41) is 2.75. The molecule has 0 spiro atoms. The summed E-state index contributed by atoms with van der Waals surface area (Å²) in [7, 11) is 0. The quantitative estimate of drug-likeness (QED) is 0.947. The van der Waals surface area contributed by atoms with E-state index in [0.717, 1.165) is 0 Å². The Morgan fingerprint density at radius 1 is 1.13 bits per heavy atom. The molecule has 1 N–H and O–H groups in total. The number of amides is 2. The summed E-state index contributed by atoms with van der Waals surface area (Å²) in [6, 6.07) is 15.9. The predicted molar refractivity (Wildman–Crippen MR) is 86.5 cm³/mol. The summed E-state index contributed by atoms with van der Waals surface area (Å²) >= 11 is 0. The third kappa shape index (κ3) is 3.34. The van der Waals surface area contributed by atoms with Gasteiger partial charge in [0.25, 0.3) is 5.91 Å². The zero-order valence-electron chi connectivity index (χ0n) is 12.9. The van der Waals surface area contributed by atoms with E-state index in [9.17, 15) is 9.59 Å².